The van der Waals surface area contributed by atoms with Gasteiger partial charge in [-0.15, -0.1) is 10.2 Å². The Hall–Kier alpha value is -4.05. The maximum atomic E-state index is 13.9. The van der Waals surface area contributed by atoms with Crippen molar-refractivity contribution in [3.05, 3.63) is 82.8 Å². The van der Waals surface area contributed by atoms with Gasteiger partial charge in [0.25, 0.3) is 5.91 Å². The standard InChI is InChI=1S/C27H22F3N5O2/c1-34-14-31-33-25(34)19-5-3-2-4-18(19)17-10-23(16-6-7-16)32-24(11-17)35-12-21-20(26(35)37)8-15(13-36)9-22(21)27(28,29)30/h2-5,8-11,14,16,36H,6-7,12-13H2,1H3. The van der Waals surface area contributed by atoms with Gasteiger partial charge >= 0.3 is 6.18 Å². The summed E-state index contributed by atoms with van der Waals surface area (Å²) in [6.07, 6.45) is -1.12. The van der Waals surface area contributed by atoms with Crippen LogP contribution >= 0.6 is 0 Å². The number of alkyl halides is 3. The first-order valence-corrected chi connectivity index (χ1v) is 11.9. The van der Waals surface area contributed by atoms with Crippen molar-refractivity contribution < 1.29 is 23.1 Å². The van der Waals surface area contributed by atoms with Crippen molar-refractivity contribution in [2.75, 3.05) is 4.90 Å². The van der Waals surface area contributed by atoms with Crippen LogP contribution in [0.25, 0.3) is 22.5 Å². The normalized spacial score (nSPS) is 15.4. The van der Waals surface area contributed by atoms with Crippen LogP contribution in [0.15, 0.2) is 54.9 Å². The first-order chi connectivity index (χ1) is 17.7. The Morgan fingerprint density at radius 2 is 1.81 bits per heavy atom. The molecule has 0 atom stereocenters. The SMILES string of the molecule is Cn1cnnc1-c1ccccc1-c1cc(C2CC2)nc(N2Cc3c(cc(CO)cc3C(F)(F)F)C2=O)c1. The lowest BCUT2D eigenvalue weighted by molar-refractivity contribution is -0.138. The highest BCUT2D eigenvalue weighted by molar-refractivity contribution is 6.10. The molecule has 1 N–H and O–H groups in total. The number of pyridine rings is 1. The smallest absolute Gasteiger partial charge is 0.392 e. The monoisotopic (exact) mass is 505 g/mol. The molecule has 1 saturated carbocycles. The molecule has 1 fully saturated rings. The second-order valence-corrected chi connectivity index (χ2v) is 9.44. The van der Waals surface area contributed by atoms with Crippen molar-refractivity contribution in [1.29, 1.82) is 0 Å². The number of hydrogen-bond acceptors (Lipinski definition) is 5. The van der Waals surface area contributed by atoms with Crippen molar-refractivity contribution in [2.45, 2.75) is 38.1 Å². The minimum Gasteiger partial charge on any atom is -0.392 e. The molecule has 1 aliphatic carbocycles. The van der Waals surface area contributed by atoms with E-state index in [0.717, 1.165) is 41.3 Å². The van der Waals surface area contributed by atoms with Crippen molar-refractivity contribution in [2.24, 2.45) is 7.05 Å². The lowest BCUT2D eigenvalue weighted by Gasteiger charge is -2.19. The summed E-state index contributed by atoms with van der Waals surface area (Å²) in [5.41, 5.74) is 2.26. The van der Waals surface area contributed by atoms with E-state index in [1.165, 1.54) is 11.0 Å². The average molecular weight is 506 g/mol. The van der Waals surface area contributed by atoms with Crippen LogP contribution in [-0.4, -0.2) is 30.8 Å². The maximum absolute atomic E-state index is 13.9. The van der Waals surface area contributed by atoms with E-state index < -0.39 is 24.3 Å². The summed E-state index contributed by atoms with van der Waals surface area (Å²) in [6, 6.07) is 13.6. The summed E-state index contributed by atoms with van der Waals surface area (Å²) < 4.78 is 43.4. The molecule has 0 spiro atoms. The number of carbonyl (C=O) groups excluding carboxylic acids is 1. The molecule has 188 valence electrons. The maximum Gasteiger partial charge on any atom is 0.416 e. The topological polar surface area (TPSA) is 84.1 Å². The highest BCUT2D eigenvalue weighted by Gasteiger charge is 2.41. The molecule has 0 radical (unpaired) electrons. The molecule has 6 rings (SSSR count). The fourth-order valence-electron chi connectivity index (χ4n) is 4.87. The predicted molar refractivity (Wildman–Crippen MR) is 130 cm³/mol. The zero-order valence-electron chi connectivity index (χ0n) is 19.8. The molecule has 2 aromatic carbocycles. The van der Waals surface area contributed by atoms with Crippen LogP contribution in [0.2, 0.25) is 0 Å². The molecule has 4 aromatic rings. The van der Waals surface area contributed by atoms with Gasteiger partial charge in [0.05, 0.1) is 18.7 Å². The fourth-order valence-corrected chi connectivity index (χ4v) is 4.87. The molecule has 37 heavy (non-hydrogen) atoms. The zero-order chi connectivity index (χ0) is 25.9. The lowest BCUT2D eigenvalue weighted by atomic mass is 9.98. The molecular weight excluding hydrogens is 483 g/mol. The van der Waals surface area contributed by atoms with Crippen molar-refractivity contribution in [1.82, 2.24) is 19.7 Å². The third-order valence-electron chi connectivity index (χ3n) is 6.88. The van der Waals surface area contributed by atoms with Crippen LogP contribution < -0.4 is 4.90 Å². The van der Waals surface area contributed by atoms with Crippen molar-refractivity contribution in [3.8, 4) is 22.5 Å². The van der Waals surface area contributed by atoms with E-state index >= 15 is 0 Å². The summed E-state index contributed by atoms with van der Waals surface area (Å²) in [6.45, 7) is -0.845. The number of halogens is 3. The van der Waals surface area contributed by atoms with Gasteiger partial charge in [-0.3, -0.25) is 9.69 Å². The summed E-state index contributed by atoms with van der Waals surface area (Å²) in [7, 11) is 1.85. The number of anilines is 1. The Morgan fingerprint density at radius 1 is 1.05 bits per heavy atom. The van der Waals surface area contributed by atoms with Crippen LogP contribution in [0.1, 0.15) is 51.5 Å². The van der Waals surface area contributed by atoms with Gasteiger partial charge in [0.15, 0.2) is 5.82 Å². The largest absolute Gasteiger partial charge is 0.416 e. The minimum absolute atomic E-state index is 0.0410. The van der Waals surface area contributed by atoms with E-state index in [2.05, 4.69) is 10.2 Å². The average Bonchev–Trinajstić information content (AvgIpc) is 3.58. The molecule has 2 aliphatic rings. The highest BCUT2D eigenvalue weighted by atomic mass is 19.4. The van der Waals surface area contributed by atoms with Gasteiger partial charge in [-0.1, -0.05) is 24.3 Å². The van der Waals surface area contributed by atoms with Crippen LogP contribution in [0.3, 0.4) is 0 Å². The summed E-state index contributed by atoms with van der Waals surface area (Å²) in [5, 5.41) is 17.7. The molecule has 2 aromatic heterocycles. The van der Waals surface area contributed by atoms with E-state index in [-0.39, 0.29) is 29.2 Å². The number of amides is 1. The highest BCUT2D eigenvalue weighted by Crippen LogP contribution is 2.44. The third kappa shape index (κ3) is 4.07. The number of aromatic nitrogens is 4. The van der Waals surface area contributed by atoms with Crippen LogP contribution in [-0.2, 0) is 26.4 Å². The van der Waals surface area contributed by atoms with Gasteiger partial charge < -0.3 is 9.67 Å². The number of benzene rings is 2. The Kier molecular flexibility index (Phi) is 5.38. The van der Waals surface area contributed by atoms with Gasteiger partial charge in [-0.05, 0) is 59.4 Å². The van der Waals surface area contributed by atoms with E-state index in [9.17, 15) is 23.1 Å². The molecule has 0 saturated heterocycles. The number of carbonyl (C=O) groups is 1. The number of aliphatic hydroxyl groups is 1. The van der Waals surface area contributed by atoms with Gasteiger partial charge in [0.2, 0.25) is 0 Å². The van der Waals surface area contributed by atoms with Gasteiger partial charge in [-0.2, -0.15) is 13.2 Å². The molecule has 7 nitrogen and oxygen atoms in total. The molecule has 1 aliphatic heterocycles. The Balaban J connectivity index is 1.48. The van der Waals surface area contributed by atoms with Gasteiger partial charge in [-0.25, -0.2) is 4.98 Å². The number of fused-ring (bicyclic) bond motifs is 1. The molecular formula is C27H22F3N5O2. The van der Waals surface area contributed by atoms with Crippen molar-refractivity contribution >= 4 is 11.7 Å². The Bertz CT molecular complexity index is 1540. The molecule has 0 unspecified atom stereocenters. The molecule has 0 bridgehead atoms. The number of aryl methyl sites for hydroxylation is 1. The predicted octanol–water partition coefficient (Wildman–Crippen LogP) is 5.09. The Labute approximate surface area is 210 Å². The number of nitrogens with zero attached hydrogens (tertiary/aromatic N) is 5. The second-order valence-electron chi connectivity index (χ2n) is 9.44. The summed E-state index contributed by atoms with van der Waals surface area (Å²) in [5.74, 6) is 0.640. The van der Waals surface area contributed by atoms with Gasteiger partial charge in [0, 0.05) is 29.8 Å². The summed E-state index contributed by atoms with van der Waals surface area (Å²) in [4.78, 5) is 19.4. The number of hydrogen-bond donors (Lipinski definition) is 1. The first-order valence-electron chi connectivity index (χ1n) is 11.9. The Morgan fingerprint density at radius 3 is 2.46 bits per heavy atom. The quantitative estimate of drug-likeness (QED) is 0.408. The first kappa shape index (κ1) is 23.4. The van der Waals surface area contributed by atoms with E-state index in [1.807, 2.05) is 37.4 Å². The number of aliphatic hydroxyl groups excluding tert-OH is 1. The lowest BCUT2D eigenvalue weighted by Crippen LogP contribution is -2.24. The van der Waals surface area contributed by atoms with Gasteiger partial charge in [0.1, 0.15) is 12.1 Å². The van der Waals surface area contributed by atoms with Crippen LogP contribution in [0, 0.1) is 0 Å². The molecule has 1 amide bonds. The van der Waals surface area contributed by atoms with Crippen LogP contribution in [0.5, 0.6) is 0 Å². The van der Waals surface area contributed by atoms with E-state index in [0.29, 0.717) is 11.6 Å². The molecule has 10 heteroatoms. The van der Waals surface area contributed by atoms with E-state index in [4.69, 9.17) is 4.98 Å². The summed E-state index contributed by atoms with van der Waals surface area (Å²) >= 11 is 0. The minimum atomic E-state index is -4.66. The van der Waals surface area contributed by atoms with E-state index in [1.54, 1.807) is 17.0 Å². The van der Waals surface area contributed by atoms with Crippen molar-refractivity contribution in [3.63, 3.8) is 0 Å². The fraction of sp³-hybridized carbons (Fsp3) is 0.259. The zero-order valence-corrected chi connectivity index (χ0v) is 19.8. The second kappa shape index (κ2) is 8.52. The number of rotatable bonds is 5. The third-order valence-corrected chi connectivity index (χ3v) is 6.88. The molecule has 3 heterocycles. The van der Waals surface area contributed by atoms with Crippen LogP contribution in [0.4, 0.5) is 19.0 Å².